The second-order valence-corrected chi connectivity index (χ2v) is 5.09. The molecule has 0 aliphatic heterocycles. The van der Waals surface area contributed by atoms with E-state index in [1.54, 1.807) is 17.8 Å². The summed E-state index contributed by atoms with van der Waals surface area (Å²) < 4.78 is 1.76. The fraction of sp³-hybridized carbons (Fsp3) is 0.111. The third kappa shape index (κ3) is 2.63. The van der Waals surface area contributed by atoms with Gasteiger partial charge in [-0.1, -0.05) is 48.0 Å². The van der Waals surface area contributed by atoms with Crippen molar-refractivity contribution in [1.82, 2.24) is 9.78 Å². The van der Waals surface area contributed by atoms with E-state index in [9.17, 15) is 4.79 Å². The average molecular weight is 276 g/mol. The summed E-state index contributed by atoms with van der Waals surface area (Å²) >= 11 is 0. The highest BCUT2D eigenvalue weighted by atomic mass is 16.1. The lowest BCUT2D eigenvalue weighted by Gasteiger charge is -2.01. The minimum Gasteiger partial charge on any atom is -0.294 e. The smallest absolute Gasteiger partial charge is 0.163 e. The van der Waals surface area contributed by atoms with Gasteiger partial charge in [0, 0.05) is 11.8 Å². The number of rotatable bonds is 3. The van der Waals surface area contributed by atoms with Crippen LogP contribution in [-0.4, -0.2) is 15.6 Å². The summed E-state index contributed by atoms with van der Waals surface area (Å²) in [6, 6.07) is 17.9. The summed E-state index contributed by atoms with van der Waals surface area (Å²) in [4.78, 5) is 11.9. The number of benzene rings is 2. The van der Waals surface area contributed by atoms with Crippen LogP contribution in [0.4, 0.5) is 0 Å². The number of Topliss-reactive ketones (excluding diaryl/α,β-unsaturated/α-hetero) is 1. The number of aryl methyl sites for hydroxylation is 1. The van der Waals surface area contributed by atoms with Crippen molar-refractivity contribution < 1.29 is 4.79 Å². The molecule has 0 radical (unpaired) electrons. The van der Waals surface area contributed by atoms with Crippen LogP contribution in [0, 0.1) is 6.92 Å². The molecule has 0 aliphatic carbocycles. The molecule has 0 saturated heterocycles. The fourth-order valence-electron chi connectivity index (χ4n) is 2.27. The van der Waals surface area contributed by atoms with Gasteiger partial charge in [0.05, 0.1) is 11.3 Å². The van der Waals surface area contributed by atoms with Crippen molar-refractivity contribution in [3.05, 3.63) is 71.9 Å². The molecule has 0 unspecified atom stereocenters. The second kappa shape index (κ2) is 5.37. The Morgan fingerprint density at radius 3 is 2.29 bits per heavy atom. The van der Waals surface area contributed by atoms with Gasteiger partial charge in [-0.25, -0.2) is 4.68 Å². The Morgan fingerprint density at radius 2 is 1.67 bits per heavy atom. The van der Waals surface area contributed by atoms with Gasteiger partial charge in [-0.05, 0) is 26.0 Å². The third-order valence-corrected chi connectivity index (χ3v) is 3.44. The molecule has 1 heterocycles. The van der Waals surface area contributed by atoms with E-state index in [0.29, 0.717) is 5.56 Å². The molecule has 3 nitrogen and oxygen atoms in total. The van der Waals surface area contributed by atoms with Crippen LogP contribution in [-0.2, 0) is 0 Å². The molecule has 2 aromatic carbocycles. The minimum absolute atomic E-state index is 0.0206. The Kier molecular flexibility index (Phi) is 3.40. The van der Waals surface area contributed by atoms with E-state index >= 15 is 0 Å². The predicted molar refractivity (Wildman–Crippen MR) is 83.7 cm³/mol. The summed E-state index contributed by atoms with van der Waals surface area (Å²) in [5, 5.41) is 4.60. The Hall–Kier alpha value is -2.68. The summed E-state index contributed by atoms with van der Waals surface area (Å²) in [5.41, 5.74) is 4.46. The molecule has 0 fully saturated rings. The predicted octanol–water partition coefficient (Wildman–Crippen LogP) is 4.05. The van der Waals surface area contributed by atoms with Crippen LogP contribution in [0.1, 0.15) is 22.8 Å². The lowest BCUT2D eigenvalue weighted by atomic mass is 10.1. The van der Waals surface area contributed by atoms with Crippen molar-refractivity contribution in [1.29, 1.82) is 0 Å². The average Bonchev–Trinajstić information content (AvgIpc) is 2.94. The zero-order valence-electron chi connectivity index (χ0n) is 12.1. The first kappa shape index (κ1) is 13.3. The summed E-state index contributed by atoms with van der Waals surface area (Å²) in [7, 11) is 0. The number of nitrogens with zero attached hydrogens (tertiary/aromatic N) is 2. The van der Waals surface area contributed by atoms with Crippen molar-refractivity contribution in [3.63, 3.8) is 0 Å². The molecule has 0 atom stereocenters. The first-order chi connectivity index (χ1) is 10.1. The van der Waals surface area contributed by atoms with E-state index in [2.05, 4.69) is 5.10 Å². The quantitative estimate of drug-likeness (QED) is 0.676. The zero-order chi connectivity index (χ0) is 14.8. The molecule has 3 aromatic rings. The third-order valence-electron chi connectivity index (χ3n) is 3.44. The Bertz CT molecular complexity index is 771. The highest BCUT2D eigenvalue weighted by Gasteiger charge is 2.15. The van der Waals surface area contributed by atoms with Crippen molar-refractivity contribution in [2.45, 2.75) is 13.8 Å². The van der Waals surface area contributed by atoms with Crippen molar-refractivity contribution in [3.8, 4) is 16.9 Å². The molecular formula is C18H16N2O. The molecule has 0 N–H and O–H groups in total. The maximum absolute atomic E-state index is 11.9. The molecule has 3 rings (SSSR count). The highest BCUT2D eigenvalue weighted by Crippen LogP contribution is 2.24. The molecule has 1 aromatic heterocycles. The topological polar surface area (TPSA) is 34.9 Å². The monoisotopic (exact) mass is 276 g/mol. The largest absolute Gasteiger partial charge is 0.294 e. The number of aromatic nitrogens is 2. The van der Waals surface area contributed by atoms with E-state index < -0.39 is 0 Å². The van der Waals surface area contributed by atoms with Crippen LogP contribution >= 0.6 is 0 Å². The SMILES string of the molecule is CC(=O)c1cn(-c2ccc(C)cc2)nc1-c1ccccc1. The van der Waals surface area contributed by atoms with E-state index in [4.69, 9.17) is 0 Å². The van der Waals surface area contributed by atoms with E-state index in [1.165, 1.54) is 5.56 Å². The fourth-order valence-corrected chi connectivity index (χ4v) is 2.27. The van der Waals surface area contributed by atoms with Gasteiger partial charge in [0.2, 0.25) is 0 Å². The Morgan fingerprint density at radius 1 is 1.00 bits per heavy atom. The molecule has 21 heavy (non-hydrogen) atoms. The Balaban J connectivity index is 2.13. The van der Waals surface area contributed by atoms with E-state index in [1.807, 2.05) is 61.5 Å². The minimum atomic E-state index is 0.0206. The molecule has 0 bridgehead atoms. The lowest BCUT2D eigenvalue weighted by Crippen LogP contribution is -1.94. The van der Waals surface area contributed by atoms with Crippen LogP contribution in [0.3, 0.4) is 0 Å². The van der Waals surface area contributed by atoms with Gasteiger partial charge in [0.15, 0.2) is 5.78 Å². The lowest BCUT2D eigenvalue weighted by molar-refractivity contribution is 0.101. The molecule has 0 saturated carbocycles. The van der Waals surface area contributed by atoms with Gasteiger partial charge < -0.3 is 0 Å². The molecule has 3 heteroatoms. The molecule has 0 spiro atoms. The van der Waals surface area contributed by atoms with Crippen molar-refractivity contribution in [2.24, 2.45) is 0 Å². The summed E-state index contributed by atoms with van der Waals surface area (Å²) in [6.07, 6.45) is 1.80. The van der Waals surface area contributed by atoms with Crippen LogP contribution in [0.15, 0.2) is 60.8 Å². The molecule has 104 valence electrons. The maximum atomic E-state index is 11.9. The second-order valence-electron chi connectivity index (χ2n) is 5.09. The number of hydrogen-bond acceptors (Lipinski definition) is 2. The van der Waals surface area contributed by atoms with Crippen LogP contribution in [0.25, 0.3) is 16.9 Å². The van der Waals surface area contributed by atoms with Crippen molar-refractivity contribution in [2.75, 3.05) is 0 Å². The van der Waals surface area contributed by atoms with E-state index in [-0.39, 0.29) is 5.78 Å². The standard InChI is InChI=1S/C18H16N2O/c1-13-8-10-16(11-9-13)20-12-17(14(2)21)18(19-20)15-6-4-3-5-7-15/h3-12H,1-2H3. The zero-order valence-corrected chi connectivity index (χ0v) is 12.1. The van der Waals surface area contributed by atoms with Crippen LogP contribution in [0.2, 0.25) is 0 Å². The van der Waals surface area contributed by atoms with Gasteiger partial charge in [-0.3, -0.25) is 4.79 Å². The summed E-state index contributed by atoms with van der Waals surface area (Å²) in [6.45, 7) is 3.62. The van der Waals surface area contributed by atoms with Crippen molar-refractivity contribution >= 4 is 5.78 Å². The molecule has 0 amide bonds. The molecular weight excluding hydrogens is 260 g/mol. The number of hydrogen-bond donors (Lipinski definition) is 0. The molecule has 0 aliphatic rings. The highest BCUT2D eigenvalue weighted by molar-refractivity contribution is 5.99. The maximum Gasteiger partial charge on any atom is 0.163 e. The van der Waals surface area contributed by atoms with Gasteiger partial charge in [-0.15, -0.1) is 0 Å². The number of ketones is 1. The van der Waals surface area contributed by atoms with Gasteiger partial charge in [-0.2, -0.15) is 5.10 Å². The van der Waals surface area contributed by atoms with Crippen LogP contribution < -0.4 is 0 Å². The summed E-state index contributed by atoms with van der Waals surface area (Å²) in [5.74, 6) is 0.0206. The van der Waals surface area contributed by atoms with Gasteiger partial charge in [0.25, 0.3) is 0 Å². The van der Waals surface area contributed by atoms with Gasteiger partial charge >= 0.3 is 0 Å². The van der Waals surface area contributed by atoms with Gasteiger partial charge in [0.1, 0.15) is 5.69 Å². The Labute approximate surface area is 123 Å². The number of carbonyl (C=O) groups is 1. The first-order valence-electron chi connectivity index (χ1n) is 6.88. The number of carbonyl (C=O) groups excluding carboxylic acids is 1. The normalized spacial score (nSPS) is 10.6. The first-order valence-corrected chi connectivity index (χ1v) is 6.88. The van der Waals surface area contributed by atoms with E-state index in [0.717, 1.165) is 16.9 Å². The van der Waals surface area contributed by atoms with Crippen LogP contribution in [0.5, 0.6) is 0 Å².